The molecule has 1 aromatic carbocycles. The Morgan fingerprint density at radius 3 is 2.21 bits per heavy atom. The molecule has 0 fully saturated rings. The number of halogens is 1. The fourth-order valence-electron chi connectivity index (χ4n) is 2.17. The van der Waals surface area contributed by atoms with Crippen LogP contribution in [0.4, 0.5) is 0 Å². The summed E-state index contributed by atoms with van der Waals surface area (Å²) in [5, 5.41) is 0.264. The molecule has 102 valence electrons. The average Bonchev–Trinajstić information content (AvgIpc) is 2.73. The highest BCUT2D eigenvalue weighted by Crippen LogP contribution is 2.44. The van der Waals surface area contributed by atoms with E-state index in [9.17, 15) is 4.79 Å². The highest BCUT2D eigenvalue weighted by Gasteiger charge is 2.21. The van der Waals surface area contributed by atoms with Crippen LogP contribution in [0.15, 0.2) is 12.1 Å². The van der Waals surface area contributed by atoms with E-state index in [0.29, 0.717) is 22.9 Å². The predicted molar refractivity (Wildman–Crippen MR) is 72.8 cm³/mol. The first-order valence-electron chi connectivity index (χ1n) is 5.53. The summed E-state index contributed by atoms with van der Waals surface area (Å²) in [6.45, 7) is 0. The van der Waals surface area contributed by atoms with Crippen molar-refractivity contribution in [3.8, 4) is 17.2 Å². The largest absolute Gasteiger partial charge is 0.493 e. The number of ether oxygens (including phenoxy) is 3. The van der Waals surface area contributed by atoms with E-state index in [1.807, 2.05) is 0 Å². The van der Waals surface area contributed by atoms with Gasteiger partial charge in [-0.3, -0.25) is 4.79 Å². The summed E-state index contributed by atoms with van der Waals surface area (Å²) in [5.74, 6) is 1.52. The number of methoxy groups -OCH3 is 3. The Bertz CT molecular complexity index is 648. The van der Waals surface area contributed by atoms with Crippen LogP contribution >= 0.6 is 11.6 Å². The van der Waals surface area contributed by atoms with Crippen LogP contribution in [0, 0.1) is 0 Å². The van der Waals surface area contributed by atoms with Crippen LogP contribution in [0.1, 0.15) is 10.5 Å². The number of hydrogen-bond acceptors (Lipinski definition) is 4. The summed E-state index contributed by atoms with van der Waals surface area (Å²) in [6, 6.07) is 3.47. The molecule has 0 atom stereocenters. The third-order valence-electron chi connectivity index (χ3n) is 3.02. The summed E-state index contributed by atoms with van der Waals surface area (Å²) in [7, 11) is 6.35. The molecule has 6 heteroatoms. The minimum absolute atomic E-state index is 0.380. The molecule has 2 rings (SSSR count). The second-order valence-electron chi connectivity index (χ2n) is 3.95. The quantitative estimate of drug-likeness (QED) is 0.809. The summed E-state index contributed by atoms with van der Waals surface area (Å²) in [4.78, 5) is 11.4. The Kier molecular flexibility index (Phi) is 3.57. The first-order valence-corrected chi connectivity index (χ1v) is 5.91. The van der Waals surface area contributed by atoms with Gasteiger partial charge >= 0.3 is 0 Å². The third-order valence-corrected chi connectivity index (χ3v) is 3.22. The molecule has 0 bridgehead atoms. The summed E-state index contributed by atoms with van der Waals surface area (Å²) in [6.07, 6.45) is 0. The molecule has 0 unspecified atom stereocenters. The van der Waals surface area contributed by atoms with E-state index < -0.39 is 5.24 Å². The third kappa shape index (κ3) is 2.00. The molecule has 0 N–H and O–H groups in total. The topological polar surface area (TPSA) is 49.7 Å². The maximum atomic E-state index is 11.4. The van der Waals surface area contributed by atoms with E-state index in [4.69, 9.17) is 25.8 Å². The predicted octanol–water partition coefficient (Wildman–Crippen LogP) is 2.58. The van der Waals surface area contributed by atoms with Gasteiger partial charge in [0.15, 0.2) is 11.5 Å². The number of fused-ring (bicyclic) bond motifs is 1. The zero-order valence-corrected chi connectivity index (χ0v) is 11.9. The SMILES string of the molecule is COc1cc2cc(C(=O)Cl)n(C)c2c(OC)c1OC. The molecule has 0 saturated heterocycles. The van der Waals surface area contributed by atoms with Crippen molar-refractivity contribution in [2.75, 3.05) is 21.3 Å². The number of benzene rings is 1. The highest BCUT2D eigenvalue weighted by molar-refractivity contribution is 6.67. The van der Waals surface area contributed by atoms with Crippen LogP contribution < -0.4 is 14.2 Å². The molecule has 0 spiro atoms. The van der Waals surface area contributed by atoms with Crippen LogP contribution in [0.25, 0.3) is 10.9 Å². The van der Waals surface area contributed by atoms with Crippen molar-refractivity contribution < 1.29 is 19.0 Å². The average molecular weight is 284 g/mol. The normalized spacial score (nSPS) is 10.6. The van der Waals surface area contributed by atoms with Crippen molar-refractivity contribution in [2.24, 2.45) is 7.05 Å². The number of carbonyl (C=O) groups excluding carboxylic acids is 1. The monoisotopic (exact) mass is 283 g/mol. The van der Waals surface area contributed by atoms with Gasteiger partial charge in [-0.2, -0.15) is 0 Å². The molecule has 0 aliphatic carbocycles. The molecule has 0 saturated carbocycles. The summed E-state index contributed by atoms with van der Waals surface area (Å²) in [5.41, 5.74) is 1.11. The Labute approximate surface area is 115 Å². The molecule has 1 heterocycles. The first-order chi connectivity index (χ1) is 9.04. The molecular formula is C13H14ClNO4. The van der Waals surface area contributed by atoms with Crippen molar-refractivity contribution >= 4 is 27.7 Å². The van der Waals surface area contributed by atoms with E-state index >= 15 is 0 Å². The number of aromatic nitrogens is 1. The lowest BCUT2D eigenvalue weighted by atomic mass is 10.2. The second-order valence-corrected chi connectivity index (χ2v) is 4.29. The smallest absolute Gasteiger partial charge is 0.268 e. The molecule has 19 heavy (non-hydrogen) atoms. The van der Waals surface area contributed by atoms with Crippen molar-refractivity contribution in [3.05, 3.63) is 17.8 Å². The van der Waals surface area contributed by atoms with Crippen molar-refractivity contribution in [2.45, 2.75) is 0 Å². The highest BCUT2D eigenvalue weighted by atomic mass is 35.5. The van der Waals surface area contributed by atoms with Crippen molar-refractivity contribution in [1.29, 1.82) is 0 Å². The standard InChI is InChI=1S/C13H14ClNO4/c1-15-8(13(14)16)5-7-6-9(17-2)11(18-3)12(19-4)10(7)15/h5-6H,1-4H3. The van der Waals surface area contributed by atoms with E-state index in [0.717, 1.165) is 10.9 Å². The Hall–Kier alpha value is -1.88. The zero-order valence-electron chi connectivity index (χ0n) is 11.1. The van der Waals surface area contributed by atoms with Crippen LogP contribution in [0.5, 0.6) is 17.2 Å². The Morgan fingerprint density at radius 2 is 1.74 bits per heavy atom. The minimum atomic E-state index is -0.529. The lowest BCUT2D eigenvalue weighted by Gasteiger charge is -2.14. The van der Waals surface area contributed by atoms with E-state index in [1.54, 1.807) is 30.9 Å². The summed E-state index contributed by atoms with van der Waals surface area (Å²) >= 11 is 5.56. The van der Waals surface area contributed by atoms with E-state index in [2.05, 4.69) is 0 Å². The second kappa shape index (κ2) is 5.01. The molecule has 0 radical (unpaired) electrons. The number of hydrogen-bond donors (Lipinski definition) is 0. The van der Waals surface area contributed by atoms with Crippen molar-refractivity contribution in [1.82, 2.24) is 4.57 Å². The van der Waals surface area contributed by atoms with Gasteiger partial charge < -0.3 is 18.8 Å². The van der Waals surface area contributed by atoms with Crippen LogP contribution in [-0.2, 0) is 7.05 Å². The fourth-order valence-corrected chi connectivity index (χ4v) is 2.35. The zero-order chi connectivity index (χ0) is 14.2. The van der Waals surface area contributed by atoms with Crippen LogP contribution in [0.3, 0.4) is 0 Å². The minimum Gasteiger partial charge on any atom is -0.493 e. The molecule has 2 aromatic rings. The maximum absolute atomic E-state index is 11.4. The summed E-state index contributed by atoms with van der Waals surface area (Å²) < 4.78 is 17.6. The number of nitrogens with zero attached hydrogens (tertiary/aromatic N) is 1. The Morgan fingerprint density at radius 1 is 1.11 bits per heavy atom. The van der Waals surface area contributed by atoms with Gasteiger partial charge in [-0.1, -0.05) is 0 Å². The number of carbonyl (C=O) groups is 1. The lowest BCUT2D eigenvalue weighted by Crippen LogP contribution is -2.01. The van der Waals surface area contributed by atoms with E-state index in [-0.39, 0.29) is 0 Å². The maximum Gasteiger partial charge on any atom is 0.268 e. The molecular weight excluding hydrogens is 270 g/mol. The van der Waals surface area contributed by atoms with Gasteiger partial charge in [0.1, 0.15) is 5.69 Å². The Balaban J connectivity index is 2.90. The number of rotatable bonds is 4. The van der Waals surface area contributed by atoms with Crippen LogP contribution in [0.2, 0.25) is 0 Å². The van der Waals surface area contributed by atoms with Gasteiger partial charge in [0.2, 0.25) is 5.75 Å². The van der Waals surface area contributed by atoms with Gasteiger partial charge in [0.25, 0.3) is 5.24 Å². The number of aryl methyl sites for hydroxylation is 1. The van der Waals surface area contributed by atoms with Gasteiger partial charge in [-0.15, -0.1) is 0 Å². The first kappa shape index (κ1) is 13.5. The molecule has 0 aliphatic heterocycles. The van der Waals surface area contributed by atoms with Gasteiger partial charge in [-0.25, -0.2) is 0 Å². The molecule has 0 aliphatic rings. The van der Waals surface area contributed by atoms with Gasteiger partial charge in [0, 0.05) is 12.4 Å². The van der Waals surface area contributed by atoms with Gasteiger partial charge in [0.05, 0.1) is 26.8 Å². The van der Waals surface area contributed by atoms with Gasteiger partial charge in [-0.05, 0) is 23.7 Å². The van der Waals surface area contributed by atoms with Crippen LogP contribution in [-0.4, -0.2) is 31.1 Å². The lowest BCUT2D eigenvalue weighted by molar-refractivity contribution is 0.107. The van der Waals surface area contributed by atoms with Crippen molar-refractivity contribution in [3.63, 3.8) is 0 Å². The molecule has 1 aromatic heterocycles. The van der Waals surface area contributed by atoms with E-state index in [1.165, 1.54) is 14.2 Å². The molecule has 5 nitrogen and oxygen atoms in total. The fraction of sp³-hybridized carbons (Fsp3) is 0.308. The molecule has 0 amide bonds.